The van der Waals surface area contributed by atoms with Crippen molar-refractivity contribution >= 4 is 0 Å². The summed E-state index contributed by atoms with van der Waals surface area (Å²) in [6.45, 7) is 7.00. The van der Waals surface area contributed by atoms with Crippen molar-refractivity contribution < 1.29 is 19.0 Å². The molecule has 0 saturated carbocycles. The van der Waals surface area contributed by atoms with E-state index in [4.69, 9.17) is 9.47 Å². The van der Waals surface area contributed by atoms with E-state index in [0.717, 1.165) is 31.6 Å². The number of hydrogen-bond donors (Lipinski definition) is 1. The Hall–Kier alpha value is -1.27. The van der Waals surface area contributed by atoms with Crippen molar-refractivity contribution in [2.24, 2.45) is 0 Å². The summed E-state index contributed by atoms with van der Waals surface area (Å²) in [6, 6.07) is 6.48. The minimum atomic E-state index is -0.572. The van der Waals surface area contributed by atoms with Crippen LogP contribution >= 0.6 is 0 Å². The number of halogens is 1. The Morgan fingerprint density at radius 3 is 2.87 bits per heavy atom. The van der Waals surface area contributed by atoms with Crippen LogP contribution in [0, 0.1) is 5.82 Å². The van der Waals surface area contributed by atoms with Gasteiger partial charge in [0.25, 0.3) is 0 Å². The molecule has 0 aromatic heterocycles. The van der Waals surface area contributed by atoms with Crippen LogP contribution in [0.4, 0.5) is 4.39 Å². The highest BCUT2D eigenvalue weighted by molar-refractivity contribution is 5.15. The van der Waals surface area contributed by atoms with Crippen LogP contribution in [0.2, 0.25) is 0 Å². The first kappa shape index (κ1) is 18.1. The lowest BCUT2D eigenvalue weighted by Gasteiger charge is -2.27. The van der Waals surface area contributed by atoms with Crippen LogP contribution in [0.5, 0.6) is 0 Å². The highest BCUT2D eigenvalue weighted by Crippen LogP contribution is 2.16. The van der Waals surface area contributed by atoms with Gasteiger partial charge in [-0.15, -0.1) is 6.58 Å². The smallest absolute Gasteiger partial charge is 0.123 e. The van der Waals surface area contributed by atoms with Gasteiger partial charge in [0.1, 0.15) is 5.82 Å². The predicted molar refractivity (Wildman–Crippen MR) is 87.7 cm³/mol. The molecule has 1 N–H and O–H groups in total. The topological polar surface area (TPSA) is 41.9 Å². The standard InChI is InChI=1S/C18H26FNO3/c1-2-9-22-14-17(21)12-20(13-18-4-3-10-23-18)11-15-5-7-16(19)8-6-15/h2,5-8,17-18,21H,1,3-4,9-14H2. The van der Waals surface area contributed by atoms with Gasteiger partial charge in [-0.2, -0.15) is 0 Å². The molecule has 0 spiro atoms. The highest BCUT2D eigenvalue weighted by atomic mass is 19.1. The molecule has 2 atom stereocenters. The van der Waals surface area contributed by atoms with E-state index in [1.54, 1.807) is 18.2 Å². The molecule has 2 rings (SSSR count). The van der Waals surface area contributed by atoms with Gasteiger partial charge in [0.05, 0.1) is 25.4 Å². The van der Waals surface area contributed by atoms with Crippen LogP contribution in [-0.4, -0.2) is 55.1 Å². The fourth-order valence-electron chi connectivity index (χ4n) is 2.77. The van der Waals surface area contributed by atoms with E-state index in [-0.39, 0.29) is 18.5 Å². The maximum atomic E-state index is 13.0. The van der Waals surface area contributed by atoms with Gasteiger partial charge in [0.15, 0.2) is 0 Å². The summed E-state index contributed by atoms with van der Waals surface area (Å²) in [7, 11) is 0. The van der Waals surface area contributed by atoms with E-state index in [2.05, 4.69) is 11.5 Å². The first-order valence-electron chi connectivity index (χ1n) is 8.12. The molecule has 1 fully saturated rings. The van der Waals surface area contributed by atoms with Crippen molar-refractivity contribution in [3.05, 3.63) is 48.3 Å². The summed E-state index contributed by atoms with van der Waals surface area (Å²) in [5.41, 5.74) is 1.02. The SMILES string of the molecule is C=CCOCC(O)CN(Cc1ccc(F)cc1)CC1CCCO1. The average molecular weight is 323 g/mol. The molecule has 1 aromatic rings. The first-order valence-corrected chi connectivity index (χ1v) is 8.12. The second kappa shape index (κ2) is 9.78. The third-order valence-electron chi connectivity index (χ3n) is 3.82. The molecule has 0 aliphatic carbocycles. The van der Waals surface area contributed by atoms with Gasteiger partial charge in [0.2, 0.25) is 0 Å². The lowest BCUT2D eigenvalue weighted by Crippen LogP contribution is -2.39. The number of benzene rings is 1. The van der Waals surface area contributed by atoms with Crippen LogP contribution in [0.1, 0.15) is 18.4 Å². The van der Waals surface area contributed by atoms with Gasteiger partial charge >= 0.3 is 0 Å². The van der Waals surface area contributed by atoms with Crippen molar-refractivity contribution in [3.8, 4) is 0 Å². The van der Waals surface area contributed by atoms with Gasteiger partial charge in [-0.3, -0.25) is 4.90 Å². The van der Waals surface area contributed by atoms with Crippen LogP contribution in [0.25, 0.3) is 0 Å². The summed E-state index contributed by atoms with van der Waals surface area (Å²) in [6.07, 6.45) is 3.42. The Labute approximate surface area is 137 Å². The Kier molecular flexibility index (Phi) is 7.68. The predicted octanol–water partition coefficient (Wildman–Crippen LogP) is 2.37. The Balaban J connectivity index is 1.89. The molecule has 1 aliphatic rings. The number of hydrogen-bond acceptors (Lipinski definition) is 4. The number of aliphatic hydroxyl groups is 1. The Bertz CT molecular complexity index is 460. The molecule has 4 nitrogen and oxygen atoms in total. The number of ether oxygens (including phenoxy) is 2. The zero-order valence-corrected chi connectivity index (χ0v) is 13.5. The normalized spacial score (nSPS) is 19.2. The number of rotatable bonds is 10. The van der Waals surface area contributed by atoms with E-state index < -0.39 is 6.10 Å². The van der Waals surface area contributed by atoms with E-state index in [0.29, 0.717) is 19.7 Å². The van der Waals surface area contributed by atoms with E-state index >= 15 is 0 Å². The first-order chi connectivity index (χ1) is 11.2. The van der Waals surface area contributed by atoms with Crippen LogP contribution in [0.15, 0.2) is 36.9 Å². The molecule has 0 radical (unpaired) electrons. The minimum absolute atomic E-state index is 0.205. The molecule has 0 bridgehead atoms. The molecular formula is C18H26FNO3. The van der Waals surface area contributed by atoms with Crippen molar-refractivity contribution in [2.75, 3.05) is 32.9 Å². The zero-order valence-electron chi connectivity index (χ0n) is 13.5. The third kappa shape index (κ3) is 6.79. The van der Waals surface area contributed by atoms with Gasteiger partial charge in [-0.25, -0.2) is 4.39 Å². The second-order valence-corrected chi connectivity index (χ2v) is 5.94. The molecule has 1 aromatic carbocycles. The largest absolute Gasteiger partial charge is 0.389 e. The lowest BCUT2D eigenvalue weighted by molar-refractivity contribution is 0.00856. The quantitative estimate of drug-likeness (QED) is 0.530. The van der Waals surface area contributed by atoms with Crippen molar-refractivity contribution in [1.29, 1.82) is 0 Å². The minimum Gasteiger partial charge on any atom is -0.389 e. The molecule has 5 heteroatoms. The summed E-state index contributed by atoms with van der Waals surface area (Å²) in [4.78, 5) is 2.14. The Morgan fingerprint density at radius 2 is 2.22 bits per heavy atom. The summed E-state index contributed by atoms with van der Waals surface area (Å²) >= 11 is 0. The molecule has 1 heterocycles. The highest BCUT2D eigenvalue weighted by Gasteiger charge is 2.21. The monoisotopic (exact) mass is 323 g/mol. The van der Waals surface area contributed by atoms with Crippen molar-refractivity contribution in [2.45, 2.75) is 31.6 Å². The second-order valence-electron chi connectivity index (χ2n) is 5.94. The summed E-state index contributed by atoms with van der Waals surface area (Å²) in [5.74, 6) is -0.239. The molecule has 1 aliphatic heterocycles. The molecular weight excluding hydrogens is 297 g/mol. The van der Waals surface area contributed by atoms with E-state index in [9.17, 15) is 9.50 Å². The fraction of sp³-hybridized carbons (Fsp3) is 0.556. The maximum Gasteiger partial charge on any atom is 0.123 e. The zero-order chi connectivity index (χ0) is 16.5. The molecule has 128 valence electrons. The van der Waals surface area contributed by atoms with E-state index in [1.807, 2.05) is 0 Å². The van der Waals surface area contributed by atoms with E-state index in [1.165, 1.54) is 12.1 Å². The number of aliphatic hydroxyl groups excluding tert-OH is 1. The molecule has 1 saturated heterocycles. The summed E-state index contributed by atoms with van der Waals surface area (Å²) in [5, 5.41) is 10.1. The van der Waals surface area contributed by atoms with Crippen molar-refractivity contribution in [1.82, 2.24) is 4.90 Å². The van der Waals surface area contributed by atoms with Crippen LogP contribution in [-0.2, 0) is 16.0 Å². The van der Waals surface area contributed by atoms with Gasteiger partial charge < -0.3 is 14.6 Å². The maximum absolute atomic E-state index is 13.0. The third-order valence-corrected chi connectivity index (χ3v) is 3.82. The van der Waals surface area contributed by atoms with Gasteiger partial charge in [0, 0.05) is 26.2 Å². The average Bonchev–Trinajstić information content (AvgIpc) is 3.03. The summed E-state index contributed by atoms with van der Waals surface area (Å²) < 4.78 is 24.0. The molecule has 2 unspecified atom stereocenters. The van der Waals surface area contributed by atoms with Crippen LogP contribution in [0.3, 0.4) is 0 Å². The van der Waals surface area contributed by atoms with Crippen LogP contribution < -0.4 is 0 Å². The molecule has 23 heavy (non-hydrogen) atoms. The number of nitrogens with zero attached hydrogens (tertiary/aromatic N) is 1. The molecule has 0 amide bonds. The van der Waals surface area contributed by atoms with Gasteiger partial charge in [-0.05, 0) is 30.5 Å². The fourth-order valence-corrected chi connectivity index (χ4v) is 2.77. The van der Waals surface area contributed by atoms with Crippen molar-refractivity contribution in [3.63, 3.8) is 0 Å². The Morgan fingerprint density at radius 1 is 1.43 bits per heavy atom. The lowest BCUT2D eigenvalue weighted by atomic mass is 10.1. The van der Waals surface area contributed by atoms with Gasteiger partial charge in [-0.1, -0.05) is 18.2 Å².